The third-order valence-corrected chi connectivity index (χ3v) is 3.30. The van der Waals surface area contributed by atoms with Gasteiger partial charge in [-0.2, -0.15) is 0 Å². The molecule has 2 aromatic rings. The average molecular weight is 337 g/mol. The molecular formula is C15H13BrO4. The van der Waals surface area contributed by atoms with E-state index < -0.39 is 5.97 Å². The van der Waals surface area contributed by atoms with Gasteiger partial charge in [0.15, 0.2) is 0 Å². The highest BCUT2D eigenvalue weighted by Crippen LogP contribution is 2.26. The van der Waals surface area contributed by atoms with Gasteiger partial charge in [0.05, 0.1) is 0 Å². The monoisotopic (exact) mass is 336 g/mol. The van der Waals surface area contributed by atoms with Crippen molar-refractivity contribution in [1.82, 2.24) is 0 Å². The van der Waals surface area contributed by atoms with Crippen LogP contribution in [0.3, 0.4) is 0 Å². The van der Waals surface area contributed by atoms with E-state index in [9.17, 15) is 9.90 Å². The zero-order chi connectivity index (χ0) is 14.7. The highest BCUT2D eigenvalue weighted by atomic mass is 79.9. The SMILES string of the molecule is Cc1cc(COc2ccc(Br)cc2)c(O)c(C(=O)O)c1. The lowest BCUT2D eigenvalue weighted by Gasteiger charge is -2.11. The number of aromatic hydroxyl groups is 1. The van der Waals surface area contributed by atoms with Crippen molar-refractivity contribution in [3.63, 3.8) is 0 Å². The van der Waals surface area contributed by atoms with Crippen LogP contribution in [0.2, 0.25) is 0 Å². The maximum absolute atomic E-state index is 11.0. The molecule has 2 rings (SSSR count). The van der Waals surface area contributed by atoms with Crippen molar-refractivity contribution in [2.45, 2.75) is 13.5 Å². The third kappa shape index (κ3) is 3.30. The van der Waals surface area contributed by atoms with Gasteiger partial charge in [0.25, 0.3) is 0 Å². The van der Waals surface area contributed by atoms with Crippen LogP contribution in [0.15, 0.2) is 40.9 Å². The van der Waals surface area contributed by atoms with Crippen molar-refractivity contribution in [2.75, 3.05) is 0 Å². The second-order valence-corrected chi connectivity index (χ2v) is 5.28. The summed E-state index contributed by atoms with van der Waals surface area (Å²) in [5.41, 5.74) is 1.10. The van der Waals surface area contributed by atoms with Gasteiger partial charge in [0.1, 0.15) is 23.7 Å². The molecular weight excluding hydrogens is 324 g/mol. The van der Waals surface area contributed by atoms with Crippen molar-refractivity contribution in [1.29, 1.82) is 0 Å². The van der Waals surface area contributed by atoms with Crippen molar-refractivity contribution in [3.05, 3.63) is 57.6 Å². The number of halogens is 1. The quantitative estimate of drug-likeness (QED) is 0.892. The molecule has 0 heterocycles. The van der Waals surface area contributed by atoms with Gasteiger partial charge in [0, 0.05) is 10.0 Å². The van der Waals surface area contributed by atoms with Gasteiger partial charge in [-0.05, 0) is 48.9 Å². The average Bonchev–Trinajstić information content (AvgIpc) is 2.41. The minimum absolute atomic E-state index is 0.107. The third-order valence-electron chi connectivity index (χ3n) is 2.77. The molecule has 0 aliphatic carbocycles. The van der Waals surface area contributed by atoms with Gasteiger partial charge in [-0.25, -0.2) is 4.79 Å². The van der Waals surface area contributed by atoms with Crippen molar-refractivity contribution in [2.24, 2.45) is 0 Å². The predicted octanol–water partition coefficient (Wildman–Crippen LogP) is 3.74. The Morgan fingerprint density at radius 3 is 2.50 bits per heavy atom. The number of hydrogen-bond donors (Lipinski definition) is 2. The van der Waals surface area contributed by atoms with E-state index in [1.54, 1.807) is 25.1 Å². The van der Waals surface area contributed by atoms with E-state index in [2.05, 4.69) is 15.9 Å². The van der Waals surface area contributed by atoms with Crippen LogP contribution in [0.5, 0.6) is 11.5 Å². The summed E-state index contributed by atoms with van der Waals surface area (Å²) in [5.74, 6) is -0.762. The van der Waals surface area contributed by atoms with Crippen LogP contribution in [-0.2, 0) is 6.61 Å². The molecule has 2 aromatic carbocycles. The van der Waals surface area contributed by atoms with E-state index in [1.165, 1.54) is 6.07 Å². The van der Waals surface area contributed by atoms with Crippen LogP contribution in [0.25, 0.3) is 0 Å². The van der Waals surface area contributed by atoms with Crippen LogP contribution >= 0.6 is 15.9 Å². The molecule has 0 radical (unpaired) electrons. The van der Waals surface area contributed by atoms with E-state index in [4.69, 9.17) is 9.84 Å². The number of aryl methyl sites for hydroxylation is 1. The maximum Gasteiger partial charge on any atom is 0.339 e. The Morgan fingerprint density at radius 2 is 1.90 bits per heavy atom. The molecule has 0 fully saturated rings. The van der Waals surface area contributed by atoms with Gasteiger partial charge >= 0.3 is 5.97 Å². The summed E-state index contributed by atoms with van der Waals surface area (Å²) in [7, 11) is 0. The molecule has 0 aliphatic rings. The summed E-state index contributed by atoms with van der Waals surface area (Å²) in [6.07, 6.45) is 0. The minimum Gasteiger partial charge on any atom is -0.507 e. The number of ether oxygens (including phenoxy) is 1. The summed E-state index contributed by atoms with van der Waals surface area (Å²) < 4.78 is 6.48. The lowest BCUT2D eigenvalue weighted by Crippen LogP contribution is -2.03. The number of carboxylic acids is 1. The van der Waals surface area contributed by atoms with Gasteiger partial charge < -0.3 is 14.9 Å². The van der Waals surface area contributed by atoms with Gasteiger partial charge in [-0.3, -0.25) is 0 Å². The number of benzene rings is 2. The summed E-state index contributed by atoms with van der Waals surface area (Å²) in [5, 5.41) is 19.0. The molecule has 2 N–H and O–H groups in total. The first kappa shape index (κ1) is 14.4. The first-order valence-corrected chi connectivity index (χ1v) is 6.71. The fraction of sp³-hybridized carbons (Fsp3) is 0.133. The molecule has 0 spiro atoms. The minimum atomic E-state index is -1.16. The van der Waals surface area contributed by atoms with Crippen LogP contribution < -0.4 is 4.74 Å². The molecule has 0 amide bonds. The number of carboxylic acid groups (broad SMARTS) is 1. The van der Waals surface area contributed by atoms with Gasteiger partial charge in [0.2, 0.25) is 0 Å². The predicted molar refractivity (Wildman–Crippen MR) is 78.3 cm³/mol. The summed E-state index contributed by atoms with van der Waals surface area (Å²) >= 11 is 3.33. The Kier molecular flexibility index (Phi) is 4.29. The second kappa shape index (κ2) is 5.96. The van der Waals surface area contributed by atoms with Crippen LogP contribution in [0.1, 0.15) is 21.5 Å². The summed E-state index contributed by atoms with van der Waals surface area (Å²) in [4.78, 5) is 11.0. The molecule has 0 aromatic heterocycles. The highest BCUT2D eigenvalue weighted by Gasteiger charge is 2.14. The first-order valence-electron chi connectivity index (χ1n) is 5.91. The molecule has 104 valence electrons. The van der Waals surface area contributed by atoms with E-state index >= 15 is 0 Å². The van der Waals surface area contributed by atoms with Crippen LogP contribution in [0.4, 0.5) is 0 Å². The molecule has 0 unspecified atom stereocenters. The molecule has 0 saturated heterocycles. The molecule has 0 saturated carbocycles. The zero-order valence-corrected chi connectivity index (χ0v) is 12.3. The van der Waals surface area contributed by atoms with Crippen LogP contribution in [-0.4, -0.2) is 16.2 Å². The van der Waals surface area contributed by atoms with E-state index in [0.717, 1.165) is 10.0 Å². The molecule has 0 atom stereocenters. The number of rotatable bonds is 4. The van der Waals surface area contributed by atoms with Crippen LogP contribution in [0, 0.1) is 6.92 Å². The Morgan fingerprint density at radius 1 is 1.25 bits per heavy atom. The van der Waals surface area contributed by atoms with E-state index in [0.29, 0.717) is 11.3 Å². The van der Waals surface area contributed by atoms with Gasteiger partial charge in [-0.15, -0.1) is 0 Å². The van der Waals surface area contributed by atoms with Crippen molar-refractivity contribution < 1.29 is 19.7 Å². The number of aromatic carboxylic acids is 1. The molecule has 0 aliphatic heterocycles. The molecule has 0 bridgehead atoms. The smallest absolute Gasteiger partial charge is 0.339 e. The van der Waals surface area contributed by atoms with E-state index in [1.807, 2.05) is 12.1 Å². The molecule has 20 heavy (non-hydrogen) atoms. The lowest BCUT2D eigenvalue weighted by atomic mass is 10.1. The summed E-state index contributed by atoms with van der Waals surface area (Å²) in [6.45, 7) is 1.88. The number of phenols is 1. The Labute approximate surface area is 124 Å². The Bertz CT molecular complexity index is 635. The summed E-state index contributed by atoms with van der Waals surface area (Å²) in [6, 6.07) is 10.4. The fourth-order valence-electron chi connectivity index (χ4n) is 1.82. The standard InChI is InChI=1S/C15H13BrO4/c1-9-6-10(14(17)13(7-9)15(18)19)8-20-12-4-2-11(16)3-5-12/h2-7,17H,8H2,1H3,(H,18,19). The number of carbonyl (C=O) groups is 1. The molecule has 4 nitrogen and oxygen atoms in total. The highest BCUT2D eigenvalue weighted by molar-refractivity contribution is 9.10. The fourth-order valence-corrected chi connectivity index (χ4v) is 2.08. The van der Waals surface area contributed by atoms with Crippen molar-refractivity contribution >= 4 is 21.9 Å². The Hall–Kier alpha value is -2.01. The van der Waals surface area contributed by atoms with Gasteiger partial charge in [-0.1, -0.05) is 15.9 Å². The topological polar surface area (TPSA) is 66.8 Å². The largest absolute Gasteiger partial charge is 0.507 e. The van der Waals surface area contributed by atoms with Crippen molar-refractivity contribution in [3.8, 4) is 11.5 Å². The number of hydrogen-bond acceptors (Lipinski definition) is 3. The molecule has 5 heteroatoms. The second-order valence-electron chi connectivity index (χ2n) is 4.37. The zero-order valence-electron chi connectivity index (χ0n) is 10.8. The normalized spacial score (nSPS) is 10.3. The first-order chi connectivity index (χ1) is 9.47. The maximum atomic E-state index is 11.0. The Balaban J connectivity index is 2.21. The lowest BCUT2D eigenvalue weighted by molar-refractivity contribution is 0.0693. The van der Waals surface area contributed by atoms with E-state index in [-0.39, 0.29) is 17.9 Å².